The first-order chi connectivity index (χ1) is 5.29. The van der Waals surface area contributed by atoms with Gasteiger partial charge in [0.1, 0.15) is 5.82 Å². The third kappa shape index (κ3) is 0.790. The van der Waals surface area contributed by atoms with Crippen molar-refractivity contribution in [2.45, 2.75) is 6.92 Å². The van der Waals surface area contributed by atoms with Crippen LogP contribution in [-0.2, 0) is 0 Å². The normalized spacial score (nSPS) is 14.3. The maximum Gasteiger partial charge on any atom is 0.209 e. The van der Waals surface area contributed by atoms with Gasteiger partial charge in [0.15, 0.2) is 0 Å². The number of anilines is 2. The summed E-state index contributed by atoms with van der Waals surface area (Å²) in [5.41, 5.74) is 6.61. The number of hydrogen-bond acceptors (Lipinski definition) is 3. The van der Waals surface area contributed by atoms with Crippen LogP contribution >= 0.6 is 0 Å². The number of aromatic nitrogens is 2. The number of nitrogens with zero attached hydrogens (tertiary/aromatic N) is 2. The van der Waals surface area contributed by atoms with E-state index in [2.05, 4.69) is 10.3 Å². The fourth-order valence-corrected chi connectivity index (χ4v) is 1.14. The van der Waals surface area contributed by atoms with Crippen LogP contribution in [0.3, 0.4) is 0 Å². The van der Waals surface area contributed by atoms with E-state index < -0.39 is 0 Å². The van der Waals surface area contributed by atoms with Gasteiger partial charge in [-0.3, -0.25) is 4.57 Å². The van der Waals surface area contributed by atoms with E-state index in [4.69, 9.17) is 5.73 Å². The molecular formula is C7H10N4. The van der Waals surface area contributed by atoms with Crippen molar-refractivity contribution in [3.8, 4) is 0 Å². The maximum atomic E-state index is 5.73. The molecule has 0 fully saturated rings. The van der Waals surface area contributed by atoms with Gasteiger partial charge in [0, 0.05) is 12.7 Å². The fourth-order valence-electron chi connectivity index (χ4n) is 1.14. The molecule has 0 unspecified atom stereocenters. The Morgan fingerprint density at radius 3 is 3.27 bits per heavy atom. The number of rotatable bonds is 0. The van der Waals surface area contributed by atoms with E-state index in [1.54, 1.807) is 0 Å². The molecule has 11 heavy (non-hydrogen) atoms. The first-order valence-electron chi connectivity index (χ1n) is 3.54. The standard InChI is InChI=1S/C7H10N4/c1-5-6(8)11-4-2-3-9-7(11)10-5/h2,4H,3,8H2,1H3,(H,9,10). The molecule has 0 amide bonds. The van der Waals surface area contributed by atoms with Crippen molar-refractivity contribution < 1.29 is 0 Å². The van der Waals surface area contributed by atoms with Gasteiger partial charge in [0.05, 0.1) is 5.69 Å². The van der Waals surface area contributed by atoms with Crippen LogP contribution in [-0.4, -0.2) is 16.1 Å². The Bertz CT molecular complexity index is 310. The molecule has 0 aliphatic carbocycles. The van der Waals surface area contributed by atoms with Crippen LogP contribution in [0.2, 0.25) is 0 Å². The lowest BCUT2D eigenvalue weighted by Crippen LogP contribution is -2.09. The number of nitrogens with one attached hydrogen (secondary N) is 1. The smallest absolute Gasteiger partial charge is 0.209 e. The van der Waals surface area contributed by atoms with Crippen LogP contribution < -0.4 is 11.1 Å². The van der Waals surface area contributed by atoms with E-state index in [9.17, 15) is 0 Å². The summed E-state index contributed by atoms with van der Waals surface area (Å²) in [5, 5.41) is 3.11. The SMILES string of the molecule is Cc1nc2n(c1N)C=CCN2. The van der Waals surface area contributed by atoms with E-state index in [-0.39, 0.29) is 0 Å². The van der Waals surface area contributed by atoms with Crippen LogP contribution in [0, 0.1) is 6.92 Å². The molecule has 2 rings (SSSR count). The van der Waals surface area contributed by atoms with E-state index in [1.807, 2.05) is 23.8 Å². The minimum Gasteiger partial charge on any atom is -0.383 e. The van der Waals surface area contributed by atoms with Crippen molar-refractivity contribution >= 4 is 18.0 Å². The van der Waals surface area contributed by atoms with Crippen molar-refractivity contribution in [3.05, 3.63) is 11.8 Å². The molecule has 4 nitrogen and oxygen atoms in total. The predicted molar refractivity (Wildman–Crippen MR) is 45.2 cm³/mol. The molecule has 0 spiro atoms. The lowest BCUT2D eigenvalue weighted by Gasteiger charge is -2.09. The van der Waals surface area contributed by atoms with Gasteiger partial charge in [-0.05, 0) is 13.0 Å². The number of nitrogen functional groups attached to an aromatic ring is 1. The van der Waals surface area contributed by atoms with Gasteiger partial charge in [0.2, 0.25) is 5.95 Å². The topological polar surface area (TPSA) is 55.9 Å². The van der Waals surface area contributed by atoms with Crippen LogP contribution in [0.15, 0.2) is 6.08 Å². The summed E-state index contributed by atoms with van der Waals surface area (Å²) < 4.78 is 1.85. The Kier molecular flexibility index (Phi) is 1.15. The van der Waals surface area contributed by atoms with Crippen LogP contribution in [0.5, 0.6) is 0 Å². The second-order valence-corrected chi connectivity index (χ2v) is 2.54. The fraction of sp³-hybridized carbons (Fsp3) is 0.286. The van der Waals surface area contributed by atoms with Gasteiger partial charge in [-0.1, -0.05) is 0 Å². The zero-order valence-corrected chi connectivity index (χ0v) is 6.33. The Labute approximate surface area is 64.7 Å². The Hall–Kier alpha value is -1.45. The number of aryl methyl sites for hydroxylation is 1. The predicted octanol–water partition coefficient (Wildman–Crippen LogP) is 0.670. The third-order valence-corrected chi connectivity index (χ3v) is 1.76. The van der Waals surface area contributed by atoms with E-state index in [0.717, 1.165) is 18.2 Å². The molecule has 3 N–H and O–H groups in total. The van der Waals surface area contributed by atoms with Crippen molar-refractivity contribution in [2.24, 2.45) is 0 Å². The Balaban J connectivity index is 2.61. The average molecular weight is 150 g/mol. The van der Waals surface area contributed by atoms with Gasteiger partial charge in [-0.2, -0.15) is 0 Å². The Morgan fingerprint density at radius 2 is 2.55 bits per heavy atom. The molecule has 58 valence electrons. The molecule has 0 aromatic carbocycles. The van der Waals surface area contributed by atoms with Gasteiger partial charge < -0.3 is 11.1 Å². The van der Waals surface area contributed by atoms with Crippen LogP contribution in [0.4, 0.5) is 11.8 Å². The molecule has 0 bridgehead atoms. The molecule has 1 aromatic rings. The minimum absolute atomic E-state index is 0.712. The van der Waals surface area contributed by atoms with Crippen LogP contribution in [0.25, 0.3) is 6.20 Å². The second kappa shape index (κ2) is 2.02. The monoisotopic (exact) mass is 150 g/mol. The molecule has 1 aromatic heterocycles. The summed E-state index contributed by atoms with van der Waals surface area (Å²) in [6.45, 7) is 2.73. The van der Waals surface area contributed by atoms with E-state index in [1.165, 1.54) is 0 Å². The summed E-state index contributed by atoms with van der Waals surface area (Å²) in [6.07, 6.45) is 3.94. The molecule has 0 radical (unpaired) electrons. The minimum atomic E-state index is 0.712. The first kappa shape index (κ1) is 6.27. The van der Waals surface area contributed by atoms with Crippen molar-refractivity contribution in [3.63, 3.8) is 0 Å². The van der Waals surface area contributed by atoms with Crippen molar-refractivity contribution in [1.82, 2.24) is 9.55 Å². The van der Waals surface area contributed by atoms with Gasteiger partial charge >= 0.3 is 0 Å². The molecular weight excluding hydrogens is 140 g/mol. The number of imidazole rings is 1. The van der Waals surface area contributed by atoms with Gasteiger partial charge in [0.25, 0.3) is 0 Å². The highest BCUT2D eigenvalue weighted by Crippen LogP contribution is 2.19. The summed E-state index contributed by atoms with van der Waals surface area (Å²) >= 11 is 0. The highest BCUT2D eigenvalue weighted by molar-refractivity contribution is 5.56. The largest absolute Gasteiger partial charge is 0.383 e. The molecule has 0 atom stereocenters. The van der Waals surface area contributed by atoms with Crippen LogP contribution in [0.1, 0.15) is 5.69 Å². The Morgan fingerprint density at radius 1 is 1.73 bits per heavy atom. The lowest BCUT2D eigenvalue weighted by molar-refractivity contribution is 1.07. The van der Waals surface area contributed by atoms with Gasteiger partial charge in [-0.15, -0.1) is 0 Å². The van der Waals surface area contributed by atoms with Gasteiger partial charge in [-0.25, -0.2) is 4.98 Å². The molecule has 0 saturated heterocycles. The first-order valence-corrected chi connectivity index (χ1v) is 3.54. The van der Waals surface area contributed by atoms with E-state index >= 15 is 0 Å². The summed E-state index contributed by atoms with van der Waals surface area (Å²) in [5.74, 6) is 1.55. The molecule has 1 aliphatic rings. The van der Waals surface area contributed by atoms with E-state index in [0.29, 0.717) is 5.82 Å². The molecule has 0 saturated carbocycles. The number of fused-ring (bicyclic) bond motifs is 1. The third-order valence-electron chi connectivity index (χ3n) is 1.76. The summed E-state index contributed by atoms with van der Waals surface area (Å²) in [4.78, 5) is 4.23. The highest BCUT2D eigenvalue weighted by atomic mass is 15.2. The zero-order valence-electron chi connectivity index (χ0n) is 6.33. The average Bonchev–Trinajstić information content (AvgIpc) is 2.30. The number of nitrogens with two attached hydrogens (primary N) is 1. The van der Waals surface area contributed by atoms with Crippen molar-refractivity contribution in [1.29, 1.82) is 0 Å². The maximum absolute atomic E-state index is 5.73. The second-order valence-electron chi connectivity index (χ2n) is 2.54. The quantitative estimate of drug-likeness (QED) is 0.571. The molecule has 1 aliphatic heterocycles. The molecule has 4 heteroatoms. The zero-order chi connectivity index (χ0) is 7.84. The van der Waals surface area contributed by atoms with Crippen molar-refractivity contribution in [2.75, 3.05) is 17.6 Å². The molecule has 2 heterocycles. The summed E-state index contributed by atoms with van der Waals surface area (Å²) in [6, 6.07) is 0. The summed E-state index contributed by atoms with van der Waals surface area (Å²) in [7, 11) is 0. The highest BCUT2D eigenvalue weighted by Gasteiger charge is 2.10. The lowest BCUT2D eigenvalue weighted by atomic mass is 10.5. The number of hydrogen-bond donors (Lipinski definition) is 2.